The maximum absolute atomic E-state index is 12.5. The van der Waals surface area contributed by atoms with Crippen molar-refractivity contribution in [2.24, 2.45) is 0 Å². The fourth-order valence-electron chi connectivity index (χ4n) is 2.38. The second-order valence-electron chi connectivity index (χ2n) is 5.22. The van der Waals surface area contributed by atoms with Crippen LogP contribution in [-0.4, -0.2) is 47.9 Å². The molecule has 0 radical (unpaired) electrons. The summed E-state index contributed by atoms with van der Waals surface area (Å²) >= 11 is 11.9. The van der Waals surface area contributed by atoms with Gasteiger partial charge in [0, 0.05) is 30.7 Å². The zero-order chi connectivity index (χ0) is 14.2. The molecule has 3 nitrogen and oxygen atoms in total. The average molecular weight is 301 g/mol. The minimum absolute atomic E-state index is 0.0195. The third kappa shape index (κ3) is 3.04. The maximum atomic E-state index is 12.5. The number of hydrogen-bond donors (Lipinski definition) is 0. The first-order chi connectivity index (χ1) is 8.90. The largest absolute Gasteiger partial charge is 0.333 e. The van der Waals surface area contributed by atoms with Crippen molar-refractivity contribution in [3.05, 3.63) is 33.8 Å². The van der Waals surface area contributed by atoms with Gasteiger partial charge >= 0.3 is 0 Å². The number of piperazine rings is 1. The van der Waals surface area contributed by atoms with E-state index in [9.17, 15) is 4.79 Å². The van der Waals surface area contributed by atoms with Gasteiger partial charge in [-0.3, -0.25) is 9.69 Å². The fourth-order valence-corrected chi connectivity index (χ4v) is 2.68. The van der Waals surface area contributed by atoms with Gasteiger partial charge in [0.05, 0.1) is 10.0 Å². The first kappa shape index (κ1) is 14.6. The Morgan fingerprint density at radius 1 is 1.16 bits per heavy atom. The molecule has 104 valence electrons. The van der Waals surface area contributed by atoms with Crippen LogP contribution in [0.1, 0.15) is 24.2 Å². The van der Waals surface area contributed by atoms with Gasteiger partial charge in [-0.1, -0.05) is 23.2 Å². The van der Waals surface area contributed by atoms with E-state index in [-0.39, 0.29) is 11.9 Å². The highest BCUT2D eigenvalue weighted by Gasteiger charge is 2.30. The van der Waals surface area contributed by atoms with E-state index < -0.39 is 0 Å². The van der Waals surface area contributed by atoms with Gasteiger partial charge < -0.3 is 4.90 Å². The third-order valence-electron chi connectivity index (χ3n) is 3.73. The molecule has 1 aromatic rings. The summed E-state index contributed by atoms with van der Waals surface area (Å²) in [5, 5.41) is 0.889. The van der Waals surface area contributed by atoms with Gasteiger partial charge in [-0.15, -0.1) is 0 Å². The monoisotopic (exact) mass is 300 g/mol. The quantitative estimate of drug-likeness (QED) is 0.795. The number of amides is 1. The molecule has 0 unspecified atom stereocenters. The van der Waals surface area contributed by atoms with Gasteiger partial charge in [0.2, 0.25) is 0 Å². The second kappa shape index (κ2) is 5.70. The van der Waals surface area contributed by atoms with Crippen LogP contribution in [0.2, 0.25) is 10.0 Å². The molecule has 0 N–H and O–H groups in total. The van der Waals surface area contributed by atoms with Crippen molar-refractivity contribution in [3.63, 3.8) is 0 Å². The lowest BCUT2D eigenvalue weighted by atomic mass is 10.1. The SMILES string of the molecule is C[C@@H]1CN(C)[C@@H](C)CN1C(=O)c1ccc(Cl)c(Cl)c1. The van der Waals surface area contributed by atoms with Crippen molar-refractivity contribution < 1.29 is 4.79 Å². The van der Waals surface area contributed by atoms with E-state index in [1.807, 2.05) is 4.90 Å². The van der Waals surface area contributed by atoms with Crippen LogP contribution in [0.25, 0.3) is 0 Å². The molecule has 19 heavy (non-hydrogen) atoms. The number of nitrogens with zero attached hydrogens (tertiary/aromatic N) is 2. The van der Waals surface area contributed by atoms with E-state index >= 15 is 0 Å². The Morgan fingerprint density at radius 3 is 2.47 bits per heavy atom. The molecule has 1 amide bonds. The lowest BCUT2D eigenvalue weighted by molar-refractivity contribution is 0.0397. The van der Waals surface area contributed by atoms with E-state index in [0.717, 1.165) is 13.1 Å². The van der Waals surface area contributed by atoms with Gasteiger partial charge in [0.25, 0.3) is 5.91 Å². The van der Waals surface area contributed by atoms with E-state index in [1.165, 1.54) is 0 Å². The highest BCUT2D eigenvalue weighted by atomic mass is 35.5. The second-order valence-corrected chi connectivity index (χ2v) is 6.04. The summed E-state index contributed by atoms with van der Waals surface area (Å²) in [6.45, 7) is 5.81. The van der Waals surface area contributed by atoms with Gasteiger partial charge in [0.1, 0.15) is 0 Å². The van der Waals surface area contributed by atoms with Crippen LogP contribution in [0, 0.1) is 0 Å². The van der Waals surface area contributed by atoms with Crippen molar-refractivity contribution >= 4 is 29.1 Å². The van der Waals surface area contributed by atoms with Crippen LogP contribution in [-0.2, 0) is 0 Å². The number of carbonyl (C=O) groups is 1. The molecule has 1 fully saturated rings. The van der Waals surface area contributed by atoms with Gasteiger partial charge in [0.15, 0.2) is 0 Å². The Bertz CT molecular complexity index is 492. The molecule has 1 aliphatic rings. The fraction of sp³-hybridized carbons (Fsp3) is 0.500. The Labute approximate surface area is 124 Å². The standard InChI is InChI=1S/C14H18Cl2N2O/c1-9-8-18(10(2)7-17(9)3)14(19)11-4-5-12(15)13(16)6-11/h4-6,9-10H,7-8H2,1-3H3/t9-,10+/m0/s1. The molecule has 5 heteroatoms. The first-order valence-corrected chi connectivity index (χ1v) is 7.12. The van der Waals surface area contributed by atoms with E-state index in [2.05, 4.69) is 25.8 Å². The summed E-state index contributed by atoms with van der Waals surface area (Å²) in [7, 11) is 2.09. The first-order valence-electron chi connectivity index (χ1n) is 6.36. The van der Waals surface area contributed by atoms with Crippen LogP contribution in [0.5, 0.6) is 0 Å². The predicted molar refractivity (Wildman–Crippen MR) is 79.1 cm³/mol. The number of rotatable bonds is 1. The minimum atomic E-state index is 0.0195. The van der Waals surface area contributed by atoms with Crippen molar-refractivity contribution in [1.82, 2.24) is 9.80 Å². The summed E-state index contributed by atoms with van der Waals surface area (Å²) in [5.74, 6) is 0.0195. The molecule has 0 saturated carbocycles. The average Bonchev–Trinajstić information content (AvgIpc) is 2.36. The lowest BCUT2D eigenvalue weighted by Gasteiger charge is -2.42. The Hall–Kier alpha value is -0.770. The Kier molecular flexibility index (Phi) is 4.39. The molecule has 1 aliphatic heterocycles. The normalized spacial score (nSPS) is 24.6. The summed E-state index contributed by atoms with van der Waals surface area (Å²) in [5.41, 5.74) is 0.595. The van der Waals surface area contributed by atoms with E-state index in [4.69, 9.17) is 23.2 Å². The number of likely N-dealkylation sites (N-methyl/N-ethyl adjacent to an activating group) is 1. The number of halogens is 2. The number of hydrogen-bond acceptors (Lipinski definition) is 2. The number of benzene rings is 1. The van der Waals surface area contributed by atoms with E-state index in [0.29, 0.717) is 21.7 Å². The Morgan fingerprint density at radius 2 is 1.84 bits per heavy atom. The molecular weight excluding hydrogens is 283 g/mol. The minimum Gasteiger partial charge on any atom is -0.333 e. The topological polar surface area (TPSA) is 23.6 Å². The maximum Gasteiger partial charge on any atom is 0.254 e. The highest BCUT2D eigenvalue weighted by Crippen LogP contribution is 2.24. The number of carbonyl (C=O) groups excluding carboxylic acids is 1. The summed E-state index contributed by atoms with van der Waals surface area (Å²) in [6.07, 6.45) is 0. The van der Waals surface area contributed by atoms with Crippen LogP contribution in [0.15, 0.2) is 18.2 Å². The Balaban J connectivity index is 2.21. The smallest absolute Gasteiger partial charge is 0.254 e. The zero-order valence-electron chi connectivity index (χ0n) is 11.4. The molecule has 0 spiro atoms. The van der Waals surface area contributed by atoms with Crippen LogP contribution >= 0.6 is 23.2 Å². The molecule has 2 rings (SSSR count). The third-order valence-corrected chi connectivity index (χ3v) is 4.46. The van der Waals surface area contributed by atoms with Crippen molar-refractivity contribution in [2.75, 3.05) is 20.1 Å². The molecule has 1 saturated heterocycles. The molecule has 1 aromatic carbocycles. The van der Waals surface area contributed by atoms with E-state index in [1.54, 1.807) is 18.2 Å². The molecule has 0 aromatic heterocycles. The molecule has 0 aliphatic carbocycles. The zero-order valence-corrected chi connectivity index (χ0v) is 12.9. The summed E-state index contributed by atoms with van der Waals surface area (Å²) in [6, 6.07) is 5.60. The van der Waals surface area contributed by atoms with Crippen molar-refractivity contribution in [1.29, 1.82) is 0 Å². The molecule has 2 atom stereocenters. The van der Waals surface area contributed by atoms with Crippen LogP contribution in [0.4, 0.5) is 0 Å². The molecule has 1 heterocycles. The summed E-state index contributed by atoms with van der Waals surface area (Å²) < 4.78 is 0. The molecular formula is C14H18Cl2N2O. The van der Waals surface area contributed by atoms with Crippen molar-refractivity contribution in [3.8, 4) is 0 Å². The van der Waals surface area contributed by atoms with Crippen LogP contribution in [0.3, 0.4) is 0 Å². The predicted octanol–water partition coefficient (Wildman–Crippen LogP) is 3.16. The van der Waals surface area contributed by atoms with Crippen molar-refractivity contribution in [2.45, 2.75) is 25.9 Å². The van der Waals surface area contributed by atoms with Gasteiger partial charge in [-0.2, -0.15) is 0 Å². The lowest BCUT2D eigenvalue weighted by Crippen LogP contribution is -2.56. The van der Waals surface area contributed by atoms with Gasteiger partial charge in [-0.25, -0.2) is 0 Å². The molecule has 0 bridgehead atoms. The van der Waals surface area contributed by atoms with Gasteiger partial charge in [-0.05, 0) is 39.1 Å². The van der Waals surface area contributed by atoms with Crippen LogP contribution < -0.4 is 0 Å². The summed E-state index contributed by atoms with van der Waals surface area (Å²) in [4.78, 5) is 16.7. The highest BCUT2D eigenvalue weighted by molar-refractivity contribution is 6.42.